The van der Waals surface area contributed by atoms with Gasteiger partial charge in [0.2, 0.25) is 0 Å². The molecule has 0 atom stereocenters. The summed E-state index contributed by atoms with van der Waals surface area (Å²) >= 11 is 12.2. The van der Waals surface area contributed by atoms with E-state index >= 15 is 0 Å². The lowest BCUT2D eigenvalue weighted by molar-refractivity contribution is -0.00721. The average Bonchev–Trinajstić information content (AvgIpc) is 2.64. The van der Waals surface area contributed by atoms with Crippen molar-refractivity contribution in [3.8, 4) is 0 Å². The Morgan fingerprint density at radius 2 is 1.67 bits per heavy atom. The van der Waals surface area contributed by atoms with Crippen LogP contribution in [0.2, 0.25) is 10.0 Å². The fourth-order valence-electron chi connectivity index (χ4n) is 6.07. The zero-order valence-corrected chi connectivity index (χ0v) is 16.6. The number of hydrogen-bond acceptors (Lipinski definition) is 2. The molecule has 5 heteroatoms. The molecular formula is C22H22Cl2N2O. The Bertz CT molecular complexity index is 876. The number of carbonyl (C=O) groups excluding carboxylic acids is 1. The molecule has 0 radical (unpaired) electrons. The van der Waals surface area contributed by atoms with Crippen molar-refractivity contribution in [1.82, 2.24) is 4.98 Å². The van der Waals surface area contributed by atoms with Gasteiger partial charge in [0.15, 0.2) is 0 Å². The Balaban J connectivity index is 1.42. The zero-order chi connectivity index (χ0) is 18.6. The maximum absolute atomic E-state index is 12.8. The summed E-state index contributed by atoms with van der Waals surface area (Å²) < 4.78 is 0. The molecule has 1 aromatic carbocycles. The van der Waals surface area contributed by atoms with Crippen LogP contribution >= 0.6 is 23.2 Å². The van der Waals surface area contributed by atoms with E-state index in [0.29, 0.717) is 21.3 Å². The van der Waals surface area contributed by atoms with Crippen LogP contribution in [-0.4, -0.2) is 10.9 Å². The lowest BCUT2D eigenvalue weighted by Gasteiger charge is -2.56. The maximum Gasteiger partial charge on any atom is 0.255 e. The normalized spacial score (nSPS) is 31.1. The predicted molar refractivity (Wildman–Crippen MR) is 109 cm³/mol. The van der Waals surface area contributed by atoms with Crippen LogP contribution in [0.1, 0.15) is 54.6 Å². The summed E-state index contributed by atoms with van der Waals surface area (Å²) in [6, 6.07) is 8.84. The van der Waals surface area contributed by atoms with E-state index in [2.05, 4.69) is 5.32 Å². The van der Waals surface area contributed by atoms with Crippen LogP contribution in [0.15, 0.2) is 36.5 Å². The molecule has 1 aromatic heterocycles. The van der Waals surface area contributed by atoms with Gasteiger partial charge >= 0.3 is 0 Å². The number of benzene rings is 1. The summed E-state index contributed by atoms with van der Waals surface area (Å²) in [5.74, 6) is 2.37. The first-order chi connectivity index (χ1) is 13.0. The molecule has 1 N–H and O–H groups in total. The SMILES string of the molecule is O=C(Nc1cc(Cl)ccc1Cl)c1ccnc(C23CC4CC(CC(C4)C2)C3)c1. The van der Waals surface area contributed by atoms with Gasteiger partial charge in [0, 0.05) is 27.9 Å². The summed E-state index contributed by atoms with van der Waals surface area (Å²) in [5.41, 5.74) is 2.44. The molecule has 140 valence electrons. The van der Waals surface area contributed by atoms with Gasteiger partial charge in [-0.05, 0) is 86.6 Å². The molecule has 1 amide bonds. The highest BCUT2D eigenvalue weighted by atomic mass is 35.5. The number of carbonyl (C=O) groups is 1. The van der Waals surface area contributed by atoms with Crippen LogP contribution < -0.4 is 5.32 Å². The lowest BCUT2D eigenvalue weighted by atomic mass is 9.48. The quantitative estimate of drug-likeness (QED) is 0.674. The number of amides is 1. The summed E-state index contributed by atoms with van der Waals surface area (Å²) in [5, 5.41) is 3.90. The molecule has 0 spiro atoms. The molecule has 6 rings (SSSR count). The van der Waals surface area contributed by atoms with Gasteiger partial charge in [-0.2, -0.15) is 0 Å². The van der Waals surface area contributed by atoms with Crippen molar-refractivity contribution in [3.05, 3.63) is 57.8 Å². The second-order valence-electron chi connectivity index (χ2n) is 8.71. The van der Waals surface area contributed by atoms with Crippen LogP contribution in [0.25, 0.3) is 0 Å². The van der Waals surface area contributed by atoms with Gasteiger partial charge in [0.1, 0.15) is 0 Å². The number of rotatable bonds is 3. The minimum atomic E-state index is -0.174. The number of aromatic nitrogens is 1. The highest BCUT2D eigenvalue weighted by molar-refractivity contribution is 6.35. The Morgan fingerprint density at radius 1 is 1.00 bits per heavy atom. The number of hydrogen-bond donors (Lipinski definition) is 1. The summed E-state index contributed by atoms with van der Waals surface area (Å²) in [6.07, 6.45) is 9.67. The van der Waals surface area contributed by atoms with E-state index < -0.39 is 0 Å². The van der Waals surface area contributed by atoms with E-state index in [9.17, 15) is 4.79 Å². The molecule has 4 fully saturated rings. The van der Waals surface area contributed by atoms with Gasteiger partial charge in [-0.15, -0.1) is 0 Å². The summed E-state index contributed by atoms with van der Waals surface area (Å²) in [7, 11) is 0. The van der Waals surface area contributed by atoms with E-state index in [1.165, 1.54) is 38.5 Å². The second-order valence-corrected chi connectivity index (χ2v) is 9.55. The molecule has 4 bridgehead atoms. The fraction of sp³-hybridized carbons (Fsp3) is 0.455. The third-order valence-electron chi connectivity index (χ3n) is 6.78. The maximum atomic E-state index is 12.8. The van der Waals surface area contributed by atoms with Crippen LogP contribution in [0, 0.1) is 17.8 Å². The molecule has 27 heavy (non-hydrogen) atoms. The van der Waals surface area contributed by atoms with Gasteiger partial charge in [0.05, 0.1) is 10.7 Å². The highest BCUT2D eigenvalue weighted by Crippen LogP contribution is 2.60. The first-order valence-electron chi connectivity index (χ1n) is 9.74. The Hall–Kier alpha value is -1.58. The molecule has 1 heterocycles. The van der Waals surface area contributed by atoms with Gasteiger partial charge in [-0.3, -0.25) is 9.78 Å². The minimum Gasteiger partial charge on any atom is -0.321 e. The minimum absolute atomic E-state index is 0.174. The average molecular weight is 401 g/mol. The monoisotopic (exact) mass is 400 g/mol. The molecule has 0 unspecified atom stereocenters. The van der Waals surface area contributed by atoms with Crippen molar-refractivity contribution >= 4 is 34.8 Å². The summed E-state index contributed by atoms with van der Waals surface area (Å²) in [4.78, 5) is 17.5. The van der Waals surface area contributed by atoms with E-state index in [1.807, 2.05) is 6.07 Å². The van der Waals surface area contributed by atoms with Crippen LogP contribution in [0.3, 0.4) is 0 Å². The lowest BCUT2D eigenvalue weighted by Crippen LogP contribution is -2.49. The van der Waals surface area contributed by atoms with Gasteiger partial charge in [0.25, 0.3) is 5.91 Å². The Labute approximate surface area is 169 Å². The highest BCUT2D eigenvalue weighted by Gasteiger charge is 2.52. The predicted octanol–water partition coefficient (Wildman–Crippen LogP) is 6.11. The number of halogens is 2. The summed E-state index contributed by atoms with van der Waals surface area (Å²) in [6.45, 7) is 0. The number of pyridine rings is 1. The number of nitrogens with one attached hydrogen (secondary N) is 1. The Morgan fingerprint density at radius 3 is 2.33 bits per heavy atom. The molecule has 3 nitrogen and oxygen atoms in total. The van der Waals surface area contributed by atoms with Crippen molar-refractivity contribution in [1.29, 1.82) is 0 Å². The third kappa shape index (κ3) is 3.15. The van der Waals surface area contributed by atoms with Gasteiger partial charge in [-0.25, -0.2) is 0 Å². The Kier molecular flexibility index (Phi) is 4.21. The second kappa shape index (κ2) is 6.49. The van der Waals surface area contributed by atoms with Crippen molar-refractivity contribution in [2.75, 3.05) is 5.32 Å². The van der Waals surface area contributed by atoms with Gasteiger partial charge in [-0.1, -0.05) is 23.2 Å². The van der Waals surface area contributed by atoms with Crippen LogP contribution in [0.5, 0.6) is 0 Å². The van der Waals surface area contributed by atoms with Crippen molar-refractivity contribution in [3.63, 3.8) is 0 Å². The standard InChI is InChI=1S/C22H22Cl2N2O/c23-17-1-2-18(24)19(9-17)26-21(27)16-3-4-25-20(8-16)22-10-13-5-14(11-22)7-15(6-13)12-22/h1-4,8-9,13-15H,5-7,10-12H2,(H,26,27). The largest absolute Gasteiger partial charge is 0.321 e. The fourth-order valence-corrected chi connectivity index (χ4v) is 6.41. The van der Waals surface area contributed by atoms with Gasteiger partial charge < -0.3 is 5.32 Å². The van der Waals surface area contributed by atoms with Crippen LogP contribution in [-0.2, 0) is 5.41 Å². The smallest absolute Gasteiger partial charge is 0.255 e. The molecule has 0 saturated heterocycles. The molecular weight excluding hydrogens is 379 g/mol. The van der Waals surface area contributed by atoms with Crippen LogP contribution in [0.4, 0.5) is 5.69 Å². The van der Waals surface area contributed by atoms with Crippen molar-refractivity contribution in [2.24, 2.45) is 17.8 Å². The van der Waals surface area contributed by atoms with E-state index in [4.69, 9.17) is 28.2 Å². The first kappa shape index (κ1) is 17.5. The molecule has 0 aliphatic heterocycles. The van der Waals surface area contributed by atoms with E-state index in [-0.39, 0.29) is 11.3 Å². The van der Waals surface area contributed by atoms with E-state index in [0.717, 1.165) is 23.4 Å². The first-order valence-corrected chi connectivity index (χ1v) is 10.5. The molecule has 2 aromatic rings. The number of anilines is 1. The third-order valence-corrected chi connectivity index (χ3v) is 7.35. The van der Waals surface area contributed by atoms with Crippen molar-refractivity contribution in [2.45, 2.75) is 43.9 Å². The number of nitrogens with zero attached hydrogens (tertiary/aromatic N) is 1. The molecule has 4 saturated carbocycles. The zero-order valence-electron chi connectivity index (χ0n) is 15.1. The molecule has 4 aliphatic rings. The molecule has 4 aliphatic carbocycles. The van der Waals surface area contributed by atoms with Crippen molar-refractivity contribution < 1.29 is 4.79 Å². The van der Waals surface area contributed by atoms with E-state index in [1.54, 1.807) is 30.5 Å². The topological polar surface area (TPSA) is 42.0 Å².